The van der Waals surface area contributed by atoms with Gasteiger partial charge in [-0.25, -0.2) is 18.7 Å². The second-order valence-electron chi connectivity index (χ2n) is 7.32. The van der Waals surface area contributed by atoms with E-state index in [-0.39, 0.29) is 40.3 Å². The first-order valence-corrected chi connectivity index (χ1v) is 9.07. The SMILES string of the molecule is CC1=C(C(Nc2cnc(C3CCC3)nc2)C(F)(F)F)Cc2c(F)cc(F)cc21. The van der Waals surface area contributed by atoms with Gasteiger partial charge < -0.3 is 5.32 Å². The molecule has 0 aliphatic heterocycles. The maximum Gasteiger partial charge on any atom is 0.412 e. The average molecular weight is 395 g/mol. The summed E-state index contributed by atoms with van der Waals surface area (Å²) in [5.74, 6) is -0.729. The Morgan fingerprint density at radius 1 is 1.11 bits per heavy atom. The summed E-state index contributed by atoms with van der Waals surface area (Å²) in [5, 5.41) is 2.44. The van der Waals surface area contributed by atoms with E-state index >= 15 is 0 Å². The zero-order valence-corrected chi connectivity index (χ0v) is 15.1. The molecule has 1 fully saturated rings. The summed E-state index contributed by atoms with van der Waals surface area (Å²) < 4.78 is 69.0. The van der Waals surface area contributed by atoms with E-state index in [1.165, 1.54) is 19.3 Å². The molecule has 2 aliphatic rings. The maximum absolute atomic E-state index is 14.1. The van der Waals surface area contributed by atoms with Crippen LogP contribution >= 0.6 is 0 Å². The number of alkyl halides is 3. The zero-order chi connectivity index (χ0) is 20.1. The normalized spacial score (nSPS) is 18.1. The molecule has 1 aromatic carbocycles. The topological polar surface area (TPSA) is 37.8 Å². The van der Waals surface area contributed by atoms with Crippen LogP contribution in [-0.2, 0) is 6.42 Å². The van der Waals surface area contributed by atoms with E-state index in [1.54, 1.807) is 0 Å². The van der Waals surface area contributed by atoms with Crippen LogP contribution in [0.5, 0.6) is 0 Å². The van der Waals surface area contributed by atoms with Crippen molar-refractivity contribution in [3.8, 4) is 0 Å². The highest BCUT2D eigenvalue weighted by Gasteiger charge is 2.45. The van der Waals surface area contributed by atoms with Crippen molar-refractivity contribution in [3.63, 3.8) is 0 Å². The molecular formula is C20H18F5N3. The molecule has 148 valence electrons. The second-order valence-corrected chi connectivity index (χ2v) is 7.32. The monoisotopic (exact) mass is 395 g/mol. The van der Waals surface area contributed by atoms with Gasteiger partial charge in [0.2, 0.25) is 0 Å². The van der Waals surface area contributed by atoms with Crippen LogP contribution < -0.4 is 5.32 Å². The Labute approximate surface area is 158 Å². The van der Waals surface area contributed by atoms with Crippen molar-refractivity contribution in [1.82, 2.24) is 9.97 Å². The Balaban J connectivity index is 1.63. The highest BCUT2D eigenvalue weighted by Crippen LogP contribution is 2.41. The van der Waals surface area contributed by atoms with E-state index in [0.29, 0.717) is 11.9 Å². The summed E-state index contributed by atoms with van der Waals surface area (Å²) in [6.07, 6.45) is 0.922. The largest absolute Gasteiger partial charge is 0.412 e. The van der Waals surface area contributed by atoms with Crippen LogP contribution in [-0.4, -0.2) is 22.2 Å². The van der Waals surface area contributed by atoms with E-state index in [0.717, 1.165) is 25.3 Å². The fraction of sp³-hybridized carbons (Fsp3) is 0.400. The van der Waals surface area contributed by atoms with Gasteiger partial charge in [0.05, 0.1) is 18.1 Å². The Bertz CT molecular complexity index is 930. The van der Waals surface area contributed by atoms with Gasteiger partial charge >= 0.3 is 6.18 Å². The summed E-state index contributed by atoms with van der Waals surface area (Å²) in [4.78, 5) is 8.36. The van der Waals surface area contributed by atoms with Gasteiger partial charge in [-0.3, -0.25) is 0 Å². The Kier molecular flexibility index (Phi) is 4.59. The number of aromatic nitrogens is 2. The number of hydrogen-bond donors (Lipinski definition) is 1. The molecule has 3 nitrogen and oxygen atoms in total. The molecule has 1 unspecified atom stereocenters. The van der Waals surface area contributed by atoms with Crippen molar-refractivity contribution in [1.29, 1.82) is 0 Å². The van der Waals surface area contributed by atoms with Gasteiger partial charge in [0.25, 0.3) is 0 Å². The Morgan fingerprint density at radius 3 is 2.36 bits per heavy atom. The van der Waals surface area contributed by atoms with Gasteiger partial charge in [0, 0.05) is 12.0 Å². The molecule has 1 atom stereocenters. The molecule has 0 spiro atoms. The number of nitrogens with one attached hydrogen (secondary N) is 1. The van der Waals surface area contributed by atoms with E-state index in [9.17, 15) is 22.0 Å². The van der Waals surface area contributed by atoms with Crippen LogP contribution in [0.15, 0.2) is 30.1 Å². The summed E-state index contributed by atoms with van der Waals surface area (Å²) in [6, 6.07) is -0.275. The predicted octanol–water partition coefficient (Wildman–Crippen LogP) is 5.39. The van der Waals surface area contributed by atoms with Crippen molar-refractivity contribution in [2.75, 3.05) is 5.32 Å². The first-order valence-electron chi connectivity index (χ1n) is 9.07. The highest BCUT2D eigenvalue weighted by atomic mass is 19.4. The number of nitrogens with zero attached hydrogens (tertiary/aromatic N) is 2. The van der Waals surface area contributed by atoms with E-state index < -0.39 is 23.9 Å². The molecule has 0 radical (unpaired) electrons. The predicted molar refractivity (Wildman–Crippen MR) is 94.7 cm³/mol. The van der Waals surface area contributed by atoms with Crippen molar-refractivity contribution >= 4 is 11.3 Å². The number of rotatable bonds is 4. The van der Waals surface area contributed by atoms with E-state index in [4.69, 9.17) is 0 Å². The zero-order valence-electron chi connectivity index (χ0n) is 15.1. The number of halogens is 5. The van der Waals surface area contributed by atoms with Crippen LogP contribution in [0.1, 0.15) is 49.1 Å². The van der Waals surface area contributed by atoms with Crippen molar-refractivity contribution < 1.29 is 22.0 Å². The van der Waals surface area contributed by atoms with Gasteiger partial charge in [-0.2, -0.15) is 13.2 Å². The van der Waals surface area contributed by atoms with Crippen LogP contribution in [0, 0.1) is 11.6 Å². The summed E-state index contributed by atoms with van der Waals surface area (Å²) in [6.45, 7) is 1.46. The molecule has 1 N–H and O–H groups in total. The first kappa shape index (κ1) is 18.8. The maximum atomic E-state index is 14.1. The Hall–Kier alpha value is -2.51. The van der Waals surface area contributed by atoms with Crippen molar-refractivity contribution in [2.45, 2.75) is 50.7 Å². The van der Waals surface area contributed by atoms with Crippen molar-refractivity contribution in [2.24, 2.45) is 0 Å². The second kappa shape index (κ2) is 6.83. The lowest BCUT2D eigenvalue weighted by Gasteiger charge is -2.26. The van der Waals surface area contributed by atoms with Crippen LogP contribution in [0.25, 0.3) is 5.57 Å². The molecular weight excluding hydrogens is 377 g/mol. The molecule has 2 aromatic rings. The van der Waals surface area contributed by atoms with Crippen LogP contribution in [0.2, 0.25) is 0 Å². The lowest BCUT2D eigenvalue weighted by atomic mass is 9.85. The van der Waals surface area contributed by atoms with Crippen molar-refractivity contribution in [3.05, 3.63) is 58.7 Å². The van der Waals surface area contributed by atoms with E-state index in [1.807, 2.05) is 0 Å². The number of fused-ring (bicyclic) bond motifs is 1. The standard InChI is InChI=1S/C20H18F5N3/c1-10-14-5-12(21)6-17(22)16(14)7-15(10)18(20(23,24)25)28-13-8-26-19(27-9-13)11-3-2-4-11/h5-6,8-9,11,18,28H,2-4,7H2,1H3. The summed E-state index contributed by atoms with van der Waals surface area (Å²) >= 11 is 0. The molecule has 1 aromatic heterocycles. The minimum Gasteiger partial charge on any atom is -0.368 e. The fourth-order valence-corrected chi connectivity index (χ4v) is 3.76. The first-order chi connectivity index (χ1) is 13.2. The molecule has 4 rings (SSSR count). The average Bonchev–Trinajstić information content (AvgIpc) is 2.89. The summed E-state index contributed by atoms with van der Waals surface area (Å²) in [5.41, 5.74) is 0.597. The number of allylic oxidation sites excluding steroid dienone is 1. The van der Waals surface area contributed by atoms with Crippen LogP contribution in [0.4, 0.5) is 27.6 Å². The number of anilines is 1. The van der Waals surface area contributed by atoms with Crippen LogP contribution in [0.3, 0.4) is 0 Å². The number of hydrogen-bond acceptors (Lipinski definition) is 3. The number of benzene rings is 1. The molecule has 0 amide bonds. The smallest absolute Gasteiger partial charge is 0.368 e. The third kappa shape index (κ3) is 3.36. The van der Waals surface area contributed by atoms with E-state index in [2.05, 4.69) is 15.3 Å². The molecule has 8 heteroatoms. The third-order valence-corrected chi connectivity index (χ3v) is 5.54. The van der Waals surface area contributed by atoms with Gasteiger partial charge in [0.15, 0.2) is 0 Å². The summed E-state index contributed by atoms with van der Waals surface area (Å²) in [7, 11) is 0. The molecule has 0 bridgehead atoms. The Morgan fingerprint density at radius 2 is 1.79 bits per heavy atom. The molecule has 1 heterocycles. The van der Waals surface area contributed by atoms with Gasteiger partial charge in [-0.15, -0.1) is 0 Å². The quantitative estimate of drug-likeness (QED) is 0.705. The molecule has 2 aliphatic carbocycles. The molecule has 1 saturated carbocycles. The molecule has 28 heavy (non-hydrogen) atoms. The van der Waals surface area contributed by atoms with Gasteiger partial charge in [0.1, 0.15) is 23.5 Å². The fourth-order valence-electron chi connectivity index (χ4n) is 3.76. The lowest BCUT2D eigenvalue weighted by Crippen LogP contribution is -2.38. The van der Waals surface area contributed by atoms with Gasteiger partial charge in [-0.1, -0.05) is 6.42 Å². The third-order valence-electron chi connectivity index (χ3n) is 5.54. The minimum absolute atomic E-state index is 0.0323. The minimum atomic E-state index is -4.62. The highest BCUT2D eigenvalue weighted by molar-refractivity contribution is 5.77. The lowest BCUT2D eigenvalue weighted by molar-refractivity contribution is -0.134. The molecule has 0 saturated heterocycles. The van der Waals surface area contributed by atoms with Gasteiger partial charge in [-0.05, 0) is 54.5 Å².